The fourth-order valence-corrected chi connectivity index (χ4v) is 1.40. The van der Waals surface area contributed by atoms with Crippen molar-refractivity contribution in [3.8, 4) is 0 Å². The van der Waals surface area contributed by atoms with E-state index in [1.807, 2.05) is 0 Å². The van der Waals surface area contributed by atoms with Crippen LogP contribution < -0.4 is 11.1 Å². The molecule has 0 aliphatic heterocycles. The van der Waals surface area contributed by atoms with Gasteiger partial charge in [0.25, 0.3) is 5.91 Å². The molecule has 3 N–H and O–H groups in total. The molecular formula is C10H14F3N5O2. The van der Waals surface area contributed by atoms with Crippen molar-refractivity contribution in [2.24, 2.45) is 7.05 Å². The van der Waals surface area contributed by atoms with Crippen molar-refractivity contribution in [2.75, 3.05) is 25.9 Å². The number of likely N-dealkylation sites (N-methyl/N-ethyl adjacent to an activating group) is 1. The molecule has 0 fully saturated rings. The normalized spacial score (nSPS) is 11.2. The number of anilines is 1. The summed E-state index contributed by atoms with van der Waals surface area (Å²) in [7, 11) is 2.83. The fourth-order valence-electron chi connectivity index (χ4n) is 1.40. The van der Waals surface area contributed by atoms with E-state index in [-0.39, 0.29) is 11.4 Å². The third-order valence-corrected chi connectivity index (χ3v) is 2.27. The van der Waals surface area contributed by atoms with Gasteiger partial charge in [0.15, 0.2) is 5.69 Å². The second-order valence-electron chi connectivity index (χ2n) is 4.16. The standard InChI is InChI=1S/C10H14F3N5O2/c1-17(4-7(19)15-5-10(11,12)13)9(20)8-6(14)3-18(2)16-8/h3H,4-5,14H2,1-2H3,(H,15,19). The first-order valence-corrected chi connectivity index (χ1v) is 5.48. The van der Waals surface area contributed by atoms with Gasteiger partial charge in [-0.2, -0.15) is 18.3 Å². The Hall–Kier alpha value is -2.26. The molecule has 1 aromatic rings. The van der Waals surface area contributed by atoms with Gasteiger partial charge >= 0.3 is 6.18 Å². The van der Waals surface area contributed by atoms with Crippen molar-refractivity contribution in [3.05, 3.63) is 11.9 Å². The molecule has 0 bridgehead atoms. The third-order valence-electron chi connectivity index (χ3n) is 2.27. The molecule has 0 radical (unpaired) electrons. The molecule has 0 aromatic carbocycles. The van der Waals surface area contributed by atoms with E-state index in [2.05, 4.69) is 5.10 Å². The predicted molar refractivity (Wildman–Crippen MR) is 63.6 cm³/mol. The largest absolute Gasteiger partial charge is 0.405 e. The highest BCUT2D eigenvalue weighted by molar-refractivity contribution is 5.98. The molecule has 20 heavy (non-hydrogen) atoms. The van der Waals surface area contributed by atoms with Gasteiger partial charge in [-0.15, -0.1) is 0 Å². The van der Waals surface area contributed by atoms with E-state index in [9.17, 15) is 22.8 Å². The molecule has 0 aliphatic carbocycles. The van der Waals surface area contributed by atoms with Gasteiger partial charge in [-0.05, 0) is 0 Å². The zero-order valence-electron chi connectivity index (χ0n) is 10.9. The Morgan fingerprint density at radius 3 is 2.55 bits per heavy atom. The van der Waals surface area contributed by atoms with E-state index < -0.39 is 31.1 Å². The third kappa shape index (κ3) is 4.44. The van der Waals surface area contributed by atoms with Crippen LogP contribution in [0.25, 0.3) is 0 Å². The predicted octanol–water partition coefficient (Wildman–Crippen LogP) is -0.247. The van der Waals surface area contributed by atoms with Crippen LogP contribution in [-0.4, -0.2) is 52.8 Å². The lowest BCUT2D eigenvalue weighted by Gasteiger charge is -2.16. The van der Waals surface area contributed by atoms with Crippen LogP contribution in [0.4, 0.5) is 18.9 Å². The molecule has 0 spiro atoms. The van der Waals surface area contributed by atoms with Crippen LogP contribution in [0.1, 0.15) is 10.5 Å². The maximum atomic E-state index is 11.9. The number of hydrogen-bond acceptors (Lipinski definition) is 4. The minimum absolute atomic E-state index is 0.0568. The van der Waals surface area contributed by atoms with Crippen molar-refractivity contribution >= 4 is 17.5 Å². The van der Waals surface area contributed by atoms with Crippen molar-refractivity contribution in [3.63, 3.8) is 0 Å². The number of hydrogen-bond donors (Lipinski definition) is 2. The van der Waals surface area contributed by atoms with Gasteiger partial charge in [0.1, 0.15) is 6.54 Å². The molecule has 2 amide bonds. The van der Waals surface area contributed by atoms with Crippen LogP contribution in [0.3, 0.4) is 0 Å². The minimum atomic E-state index is -4.50. The Kier molecular flexibility index (Phi) is 4.58. The summed E-state index contributed by atoms with van der Waals surface area (Å²) < 4.78 is 37.0. The number of nitrogens with one attached hydrogen (secondary N) is 1. The van der Waals surface area contributed by atoms with Gasteiger partial charge in [0.05, 0.1) is 12.2 Å². The molecule has 1 aromatic heterocycles. The molecule has 0 saturated heterocycles. The number of nitrogens with zero attached hydrogens (tertiary/aromatic N) is 3. The number of nitrogens with two attached hydrogens (primary N) is 1. The van der Waals surface area contributed by atoms with Gasteiger partial charge in [-0.3, -0.25) is 14.3 Å². The Bertz CT molecular complexity index is 511. The van der Waals surface area contributed by atoms with Crippen LogP contribution in [0, 0.1) is 0 Å². The first-order valence-electron chi connectivity index (χ1n) is 5.48. The molecular weight excluding hydrogens is 279 g/mol. The second kappa shape index (κ2) is 5.80. The molecule has 10 heteroatoms. The first kappa shape index (κ1) is 15.8. The summed E-state index contributed by atoms with van der Waals surface area (Å²) in [5.74, 6) is -1.57. The fraction of sp³-hybridized carbons (Fsp3) is 0.500. The Balaban J connectivity index is 2.58. The van der Waals surface area contributed by atoms with E-state index in [0.29, 0.717) is 0 Å². The lowest BCUT2D eigenvalue weighted by molar-refractivity contribution is -0.138. The molecule has 1 heterocycles. The molecule has 0 aliphatic rings. The van der Waals surface area contributed by atoms with E-state index in [1.54, 1.807) is 12.4 Å². The monoisotopic (exact) mass is 293 g/mol. The van der Waals surface area contributed by atoms with Gasteiger partial charge in [0.2, 0.25) is 5.91 Å². The molecule has 0 atom stereocenters. The quantitative estimate of drug-likeness (QED) is 0.800. The van der Waals surface area contributed by atoms with E-state index in [0.717, 1.165) is 4.90 Å². The number of aromatic nitrogens is 2. The lowest BCUT2D eigenvalue weighted by atomic mass is 10.3. The summed E-state index contributed by atoms with van der Waals surface area (Å²) in [4.78, 5) is 24.1. The van der Waals surface area contributed by atoms with Gasteiger partial charge in [-0.25, -0.2) is 0 Å². The Labute approximate surface area is 112 Å². The highest BCUT2D eigenvalue weighted by Crippen LogP contribution is 2.12. The topological polar surface area (TPSA) is 93.2 Å². The van der Waals surface area contributed by atoms with Crippen LogP contribution >= 0.6 is 0 Å². The summed E-state index contributed by atoms with van der Waals surface area (Å²) >= 11 is 0. The van der Waals surface area contributed by atoms with Gasteiger partial charge < -0.3 is 16.0 Å². The van der Waals surface area contributed by atoms with Crippen molar-refractivity contribution < 1.29 is 22.8 Å². The average Bonchev–Trinajstić information content (AvgIpc) is 2.64. The summed E-state index contributed by atoms with van der Waals surface area (Å²) in [5.41, 5.74) is 5.61. The Morgan fingerprint density at radius 1 is 1.50 bits per heavy atom. The minimum Gasteiger partial charge on any atom is -0.396 e. The highest BCUT2D eigenvalue weighted by atomic mass is 19.4. The maximum absolute atomic E-state index is 11.9. The van der Waals surface area contributed by atoms with Gasteiger partial charge in [0, 0.05) is 20.3 Å². The van der Waals surface area contributed by atoms with Crippen molar-refractivity contribution in [1.82, 2.24) is 20.0 Å². The smallest absolute Gasteiger partial charge is 0.396 e. The number of halogens is 3. The molecule has 112 valence electrons. The number of carbonyl (C=O) groups is 2. The van der Waals surface area contributed by atoms with Crippen molar-refractivity contribution in [1.29, 1.82) is 0 Å². The molecule has 0 unspecified atom stereocenters. The zero-order chi connectivity index (χ0) is 15.5. The number of alkyl halides is 3. The van der Waals surface area contributed by atoms with E-state index in [4.69, 9.17) is 5.73 Å². The summed E-state index contributed by atoms with van der Waals surface area (Å²) in [6, 6.07) is 0. The molecule has 0 saturated carbocycles. The SMILES string of the molecule is CN(CC(=O)NCC(F)(F)F)C(=O)c1nn(C)cc1N. The summed E-state index contributed by atoms with van der Waals surface area (Å²) in [6.07, 6.45) is -3.09. The van der Waals surface area contributed by atoms with Crippen LogP contribution in [0.5, 0.6) is 0 Å². The van der Waals surface area contributed by atoms with E-state index >= 15 is 0 Å². The maximum Gasteiger partial charge on any atom is 0.405 e. The summed E-state index contributed by atoms with van der Waals surface area (Å²) in [5, 5.41) is 5.48. The molecule has 1 rings (SSSR count). The zero-order valence-corrected chi connectivity index (χ0v) is 10.9. The van der Waals surface area contributed by atoms with Crippen LogP contribution in [0.15, 0.2) is 6.20 Å². The lowest BCUT2D eigenvalue weighted by Crippen LogP contribution is -2.42. The second-order valence-corrected chi connectivity index (χ2v) is 4.16. The number of aryl methyl sites for hydroxylation is 1. The van der Waals surface area contributed by atoms with Gasteiger partial charge in [-0.1, -0.05) is 0 Å². The first-order chi connectivity index (χ1) is 9.10. The molecule has 7 nitrogen and oxygen atoms in total. The summed E-state index contributed by atoms with van der Waals surface area (Å²) in [6.45, 7) is -1.97. The van der Waals surface area contributed by atoms with Crippen LogP contribution in [-0.2, 0) is 11.8 Å². The number of carbonyl (C=O) groups excluding carboxylic acids is 2. The number of nitrogen functional groups attached to an aromatic ring is 1. The highest BCUT2D eigenvalue weighted by Gasteiger charge is 2.28. The van der Waals surface area contributed by atoms with E-state index in [1.165, 1.54) is 17.9 Å². The van der Waals surface area contributed by atoms with Crippen molar-refractivity contribution in [2.45, 2.75) is 6.18 Å². The average molecular weight is 293 g/mol. The van der Waals surface area contributed by atoms with Crippen LogP contribution in [0.2, 0.25) is 0 Å². The number of amides is 2. The number of rotatable bonds is 4. The Morgan fingerprint density at radius 2 is 2.10 bits per heavy atom.